The van der Waals surface area contributed by atoms with Gasteiger partial charge in [0.2, 0.25) is 5.91 Å². The molecule has 0 aliphatic heterocycles. The summed E-state index contributed by atoms with van der Waals surface area (Å²) in [5, 5.41) is 0. The number of carbonyl (C=O) groups excluding carboxylic acids is 1. The second-order valence-electron chi connectivity index (χ2n) is 4.93. The summed E-state index contributed by atoms with van der Waals surface area (Å²) in [7, 11) is 0. The quantitative estimate of drug-likeness (QED) is 0.908. The number of nitrogens with zero attached hydrogens (tertiary/aromatic N) is 1. The third-order valence-electron chi connectivity index (χ3n) is 3.34. The molecule has 2 N–H and O–H groups in total. The van der Waals surface area contributed by atoms with Crippen molar-refractivity contribution in [1.82, 2.24) is 4.90 Å². The number of carbonyl (C=O) groups is 1. The molecule has 0 heterocycles. The van der Waals surface area contributed by atoms with Gasteiger partial charge in [-0.15, -0.1) is 0 Å². The maximum absolute atomic E-state index is 12.3. The summed E-state index contributed by atoms with van der Waals surface area (Å²) in [5.74, 6) is 0.0869. The van der Waals surface area contributed by atoms with Crippen LogP contribution in [0.3, 0.4) is 0 Å². The first-order chi connectivity index (χ1) is 8.63. The fourth-order valence-electron chi connectivity index (χ4n) is 1.97. The van der Waals surface area contributed by atoms with Gasteiger partial charge in [-0.1, -0.05) is 41.1 Å². The van der Waals surface area contributed by atoms with Gasteiger partial charge in [-0.2, -0.15) is 0 Å². The zero-order valence-electron chi connectivity index (χ0n) is 10.6. The largest absolute Gasteiger partial charge is 0.335 e. The summed E-state index contributed by atoms with van der Waals surface area (Å²) in [6, 6.07) is 8.47. The highest BCUT2D eigenvalue weighted by Gasteiger charge is 2.34. The zero-order valence-corrected chi connectivity index (χ0v) is 12.2. The lowest BCUT2D eigenvalue weighted by Gasteiger charge is -2.25. The predicted molar refractivity (Wildman–Crippen MR) is 75.9 cm³/mol. The zero-order chi connectivity index (χ0) is 13.1. The average Bonchev–Trinajstić information content (AvgIpc) is 3.20. The Kier molecular flexibility index (Phi) is 4.40. The number of nitrogens with two attached hydrogens (primary N) is 1. The maximum atomic E-state index is 12.3. The highest BCUT2D eigenvalue weighted by molar-refractivity contribution is 9.10. The lowest BCUT2D eigenvalue weighted by Crippen LogP contribution is -2.39. The van der Waals surface area contributed by atoms with Crippen molar-refractivity contribution in [1.29, 1.82) is 0 Å². The smallest absolute Gasteiger partial charge is 0.227 e. The van der Waals surface area contributed by atoms with Crippen molar-refractivity contribution in [3.63, 3.8) is 0 Å². The third kappa shape index (κ3) is 3.12. The van der Waals surface area contributed by atoms with Gasteiger partial charge >= 0.3 is 0 Å². The molecule has 1 aromatic rings. The van der Waals surface area contributed by atoms with Crippen LogP contribution in [0.25, 0.3) is 0 Å². The molecule has 1 unspecified atom stereocenters. The first-order valence-electron chi connectivity index (χ1n) is 6.37. The Morgan fingerprint density at radius 3 is 2.72 bits per heavy atom. The van der Waals surface area contributed by atoms with E-state index in [1.807, 2.05) is 30.0 Å². The number of hydrogen-bond donors (Lipinski definition) is 1. The van der Waals surface area contributed by atoms with Gasteiger partial charge in [0.05, 0.1) is 0 Å². The molecule has 0 spiro atoms. The van der Waals surface area contributed by atoms with Crippen LogP contribution in [-0.2, 0) is 11.3 Å². The minimum Gasteiger partial charge on any atom is -0.335 e. The Hall–Kier alpha value is -0.870. The Morgan fingerprint density at radius 2 is 2.17 bits per heavy atom. The molecular formula is C14H19BrN2O. The molecule has 0 bridgehead atoms. The molecule has 1 atom stereocenters. The van der Waals surface area contributed by atoms with Gasteiger partial charge in [0.15, 0.2) is 0 Å². The molecule has 2 rings (SSSR count). The fraction of sp³-hybridized carbons (Fsp3) is 0.500. The molecule has 0 aromatic heterocycles. The highest BCUT2D eigenvalue weighted by atomic mass is 79.9. The standard InChI is InChI=1S/C14H19BrN2O/c1-10(8-16)14(18)17(12-6-7-12)9-11-4-2-3-5-13(11)15/h2-5,10,12H,6-9,16H2,1H3. The van der Waals surface area contributed by atoms with Crippen molar-refractivity contribution in [3.05, 3.63) is 34.3 Å². The molecular weight excluding hydrogens is 292 g/mol. The van der Waals surface area contributed by atoms with Crippen molar-refractivity contribution in [2.75, 3.05) is 6.54 Å². The minimum atomic E-state index is -0.0897. The van der Waals surface area contributed by atoms with Gasteiger partial charge in [0.1, 0.15) is 0 Å². The molecule has 18 heavy (non-hydrogen) atoms. The Balaban J connectivity index is 2.12. The van der Waals surface area contributed by atoms with E-state index in [-0.39, 0.29) is 11.8 Å². The van der Waals surface area contributed by atoms with Crippen LogP contribution in [0, 0.1) is 5.92 Å². The number of benzene rings is 1. The maximum Gasteiger partial charge on any atom is 0.227 e. The van der Waals surface area contributed by atoms with Crippen LogP contribution in [0.1, 0.15) is 25.3 Å². The molecule has 0 saturated heterocycles. The van der Waals surface area contributed by atoms with Crippen LogP contribution >= 0.6 is 15.9 Å². The van der Waals surface area contributed by atoms with E-state index in [0.29, 0.717) is 19.1 Å². The number of amides is 1. The molecule has 1 aromatic carbocycles. The van der Waals surface area contributed by atoms with Crippen LogP contribution in [0.5, 0.6) is 0 Å². The highest BCUT2D eigenvalue weighted by Crippen LogP contribution is 2.30. The van der Waals surface area contributed by atoms with Gasteiger partial charge in [-0.05, 0) is 24.5 Å². The van der Waals surface area contributed by atoms with Crippen molar-refractivity contribution in [3.8, 4) is 0 Å². The normalized spacial score (nSPS) is 16.4. The summed E-state index contributed by atoms with van der Waals surface area (Å²) in [4.78, 5) is 14.3. The van der Waals surface area contributed by atoms with Gasteiger partial charge in [0.25, 0.3) is 0 Å². The second-order valence-corrected chi connectivity index (χ2v) is 5.78. The Bertz CT molecular complexity index is 432. The van der Waals surface area contributed by atoms with Gasteiger partial charge in [-0.25, -0.2) is 0 Å². The van der Waals surface area contributed by atoms with E-state index < -0.39 is 0 Å². The van der Waals surface area contributed by atoms with Crippen molar-refractivity contribution in [2.24, 2.45) is 11.7 Å². The molecule has 1 fully saturated rings. The molecule has 3 nitrogen and oxygen atoms in total. The van der Waals surface area contributed by atoms with E-state index in [4.69, 9.17) is 5.73 Å². The fourth-order valence-corrected chi connectivity index (χ4v) is 2.38. The van der Waals surface area contributed by atoms with E-state index >= 15 is 0 Å². The van der Waals surface area contributed by atoms with E-state index in [2.05, 4.69) is 22.0 Å². The number of rotatable bonds is 5. The summed E-state index contributed by atoms with van der Waals surface area (Å²) in [5.41, 5.74) is 6.75. The van der Waals surface area contributed by atoms with Crippen LogP contribution in [0.4, 0.5) is 0 Å². The van der Waals surface area contributed by atoms with Crippen LogP contribution in [-0.4, -0.2) is 23.4 Å². The molecule has 1 aliphatic rings. The van der Waals surface area contributed by atoms with Crippen molar-refractivity contribution >= 4 is 21.8 Å². The molecule has 1 amide bonds. The van der Waals surface area contributed by atoms with E-state index in [9.17, 15) is 4.79 Å². The topological polar surface area (TPSA) is 46.3 Å². The molecule has 4 heteroatoms. The molecule has 98 valence electrons. The number of halogens is 1. The first kappa shape index (κ1) is 13.6. The van der Waals surface area contributed by atoms with Crippen molar-refractivity contribution < 1.29 is 4.79 Å². The van der Waals surface area contributed by atoms with E-state index in [0.717, 1.165) is 22.9 Å². The van der Waals surface area contributed by atoms with E-state index in [1.54, 1.807) is 0 Å². The second kappa shape index (κ2) is 5.85. The predicted octanol–water partition coefficient (Wildman–Crippen LogP) is 2.53. The minimum absolute atomic E-state index is 0.0897. The summed E-state index contributed by atoms with van der Waals surface area (Å²) in [6.45, 7) is 2.99. The van der Waals surface area contributed by atoms with E-state index in [1.165, 1.54) is 0 Å². The molecule has 0 radical (unpaired) electrons. The Morgan fingerprint density at radius 1 is 1.50 bits per heavy atom. The van der Waals surface area contributed by atoms with Crippen LogP contribution in [0.15, 0.2) is 28.7 Å². The molecule has 1 aliphatic carbocycles. The van der Waals surface area contributed by atoms with Crippen LogP contribution in [0.2, 0.25) is 0 Å². The summed E-state index contributed by atoms with van der Waals surface area (Å²) in [6.07, 6.45) is 2.24. The first-order valence-corrected chi connectivity index (χ1v) is 7.16. The summed E-state index contributed by atoms with van der Waals surface area (Å²) >= 11 is 3.53. The van der Waals surface area contributed by atoms with Crippen molar-refractivity contribution in [2.45, 2.75) is 32.4 Å². The van der Waals surface area contributed by atoms with Gasteiger partial charge < -0.3 is 10.6 Å². The summed E-state index contributed by atoms with van der Waals surface area (Å²) < 4.78 is 1.06. The lowest BCUT2D eigenvalue weighted by atomic mass is 10.1. The van der Waals surface area contributed by atoms with Gasteiger partial charge in [0, 0.05) is 29.5 Å². The average molecular weight is 311 g/mol. The SMILES string of the molecule is CC(CN)C(=O)N(Cc1ccccc1Br)C1CC1. The third-order valence-corrected chi connectivity index (χ3v) is 4.12. The van der Waals surface area contributed by atoms with Crippen LogP contribution < -0.4 is 5.73 Å². The molecule has 1 saturated carbocycles. The number of hydrogen-bond acceptors (Lipinski definition) is 2. The van der Waals surface area contributed by atoms with Gasteiger partial charge in [-0.3, -0.25) is 4.79 Å². The lowest BCUT2D eigenvalue weighted by molar-refractivity contribution is -0.135. The monoisotopic (exact) mass is 310 g/mol. The Labute approximate surface area is 116 Å².